The smallest absolute Gasteiger partial charge is 0.328 e. The fraction of sp³-hybridized carbons (Fsp3) is 0.700. The van der Waals surface area contributed by atoms with Gasteiger partial charge in [-0.3, -0.25) is 24.2 Å². The second-order valence-electron chi connectivity index (χ2n) is 8.42. The van der Waals surface area contributed by atoms with Gasteiger partial charge in [0, 0.05) is 13.0 Å². The van der Waals surface area contributed by atoms with Gasteiger partial charge in [-0.2, -0.15) is 0 Å². The van der Waals surface area contributed by atoms with Gasteiger partial charge < -0.3 is 49.1 Å². The van der Waals surface area contributed by atoms with Crippen molar-refractivity contribution in [3.05, 3.63) is 0 Å². The molecule has 35 heavy (non-hydrogen) atoms. The van der Waals surface area contributed by atoms with Crippen molar-refractivity contribution in [2.24, 2.45) is 33.8 Å². The van der Waals surface area contributed by atoms with Gasteiger partial charge in [-0.1, -0.05) is 13.8 Å². The average Bonchev–Trinajstić information content (AvgIpc) is 2.74. The van der Waals surface area contributed by atoms with E-state index in [1.165, 1.54) is 6.92 Å². The Hall–Kier alpha value is -3.46. The minimum absolute atomic E-state index is 0.0990. The van der Waals surface area contributed by atoms with Crippen LogP contribution in [0.1, 0.15) is 46.5 Å². The number of hydrogen-bond acceptors (Lipinski definition) is 8. The summed E-state index contributed by atoms with van der Waals surface area (Å²) >= 11 is 0. The van der Waals surface area contributed by atoms with Gasteiger partial charge >= 0.3 is 5.97 Å². The molecule has 0 aliphatic rings. The Labute approximate surface area is 203 Å². The molecule has 4 amide bonds. The van der Waals surface area contributed by atoms with Crippen LogP contribution in [0.3, 0.4) is 0 Å². The van der Waals surface area contributed by atoms with E-state index in [0.29, 0.717) is 6.42 Å². The summed E-state index contributed by atoms with van der Waals surface area (Å²) in [6, 6.07) is -5.05. The van der Waals surface area contributed by atoms with Crippen molar-refractivity contribution in [1.29, 1.82) is 0 Å². The summed E-state index contributed by atoms with van der Waals surface area (Å²) in [5.41, 5.74) is 21.5. The van der Waals surface area contributed by atoms with E-state index in [4.69, 9.17) is 22.9 Å². The van der Waals surface area contributed by atoms with Crippen LogP contribution in [-0.2, 0) is 24.0 Å². The van der Waals surface area contributed by atoms with Crippen LogP contribution >= 0.6 is 0 Å². The maximum atomic E-state index is 12.9. The Kier molecular flexibility index (Phi) is 13.9. The first-order chi connectivity index (χ1) is 16.2. The van der Waals surface area contributed by atoms with Crippen molar-refractivity contribution in [2.45, 2.75) is 76.7 Å². The SMILES string of the molecule is CC(C)C(NC(=O)C(CCC(N)=O)NC(=O)C(N)CCCN=C(N)N)C(=O)NC(C(=O)O)C(C)O. The summed E-state index contributed by atoms with van der Waals surface area (Å²) in [5.74, 6) is -5.08. The van der Waals surface area contributed by atoms with Crippen molar-refractivity contribution >= 4 is 35.6 Å². The minimum Gasteiger partial charge on any atom is -0.480 e. The van der Waals surface area contributed by atoms with Crippen molar-refractivity contribution in [3.63, 3.8) is 0 Å². The standard InChI is InChI=1S/C20H38N8O7/c1-9(2)14(18(33)28-15(10(3)29)19(34)35)27-17(32)12(6-7-13(22)30)26-16(31)11(21)5-4-8-25-20(23)24/h9-12,14-15,29H,4-8,21H2,1-3H3,(H2,22,30)(H,26,31)(H,27,32)(H,28,33)(H,34,35)(H4,23,24,25). The zero-order chi connectivity index (χ0) is 27.3. The van der Waals surface area contributed by atoms with Crippen LogP contribution in [0.4, 0.5) is 0 Å². The molecule has 5 unspecified atom stereocenters. The first-order valence-electron chi connectivity index (χ1n) is 11.1. The van der Waals surface area contributed by atoms with Gasteiger partial charge in [0.15, 0.2) is 12.0 Å². The number of hydrogen-bond donors (Lipinski definition) is 9. The van der Waals surface area contributed by atoms with E-state index in [9.17, 15) is 34.2 Å². The number of nitrogens with zero attached hydrogens (tertiary/aromatic N) is 1. The number of carbonyl (C=O) groups excluding carboxylic acids is 4. The Bertz CT molecular complexity index is 783. The maximum absolute atomic E-state index is 12.9. The first-order valence-corrected chi connectivity index (χ1v) is 11.1. The Morgan fingerprint density at radius 2 is 1.43 bits per heavy atom. The first kappa shape index (κ1) is 31.5. The Morgan fingerprint density at radius 3 is 1.89 bits per heavy atom. The number of nitrogens with one attached hydrogen (secondary N) is 3. The summed E-state index contributed by atoms with van der Waals surface area (Å²) < 4.78 is 0. The molecule has 0 saturated carbocycles. The van der Waals surface area contributed by atoms with Gasteiger partial charge in [0.1, 0.15) is 12.1 Å². The van der Waals surface area contributed by atoms with Crippen LogP contribution in [0, 0.1) is 5.92 Å². The summed E-state index contributed by atoms with van der Waals surface area (Å²) in [5, 5.41) is 25.8. The number of carboxylic acids is 1. The lowest BCUT2D eigenvalue weighted by molar-refractivity contribution is -0.145. The largest absolute Gasteiger partial charge is 0.480 e. The molecule has 13 N–H and O–H groups in total. The highest BCUT2D eigenvalue weighted by molar-refractivity contribution is 5.94. The Morgan fingerprint density at radius 1 is 0.857 bits per heavy atom. The molecule has 5 atom stereocenters. The molecule has 0 rings (SSSR count). The number of guanidine groups is 1. The van der Waals surface area contributed by atoms with Gasteiger partial charge in [-0.05, 0) is 32.1 Å². The molecule has 0 spiro atoms. The molecule has 15 heteroatoms. The van der Waals surface area contributed by atoms with Crippen LogP contribution in [0.25, 0.3) is 0 Å². The molecule has 0 aliphatic heterocycles. The summed E-state index contributed by atoms with van der Waals surface area (Å²) in [6.07, 6.45) is -1.19. The average molecular weight is 503 g/mol. The van der Waals surface area contributed by atoms with Gasteiger partial charge in [0.05, 0.1) is 12.1 Å². The molecule has 0 aromatic rings. The van der Waals surface area contributed by atoms with E-state index in [1.807, 2.05) is 0 Å². The predicted octanol–water partition coefficient (Wildman–Crippen LogP) is -3.79. The lowest BCUT2D eigenvalue weighted by Crippen LogP contribution is -2.59. The molecule has 200 valence electrons. The number of aliphatic hydroxyl groups is 1. The fourth-order valence-corrected chi connectivity index (χ4v) is 2.91. The number of amides is 4. The van der Waals surface area contributed by atoms with Crippen LogP contribution in [-0.4, -0.2) is 82.6 Å². The number of rotatable bonds is 16. The lowest BCUT2D eigenvalue weighted by Gasteiger charge is -2.27. The van der Waals surface area contributed by atoms with Gasteiger partial charge in [-0.25, -0.2) is 4.79 Å². The molecule has 0 fully saturated rings. The normalized spacial score (nSPS) is 15.1. The van der Waals surface area contributed by atoms with E-state index in [2.05, 4.69) is 20.9 Å². The third-order valence-electron chi connectivity index (χ3n) is 4.91. The molecule has 0 radical (unpaired) electrons. The zero-order valence-corrected chi connectivity index (χ0v) is 20.2. The van der Waals surface area contributed by atoms with E-state index in [0.717, 1.165) is 0 Å². The van der Waals surface area contributed by atoms with E-state index < -0.39 is 65.8 Å². The highest BCUT2D eigenvalue weighted by Gasteiger charge is 2.33. The molecule has 0 heterocycles. The monoisotopic (exact) mass is 502 g/mol. The van der Waals surface area contributed by atoms with Crippen LogP contribution in [0.2, 0.25) is 0 Å². The van der Waals surface area contributed by atoms with E-state index in [1.54, 1.807) is 13.8 Å². The number of aliphatic hydroxyl groups excluding tert-OH is 1. The molecule has 0 aliphatic carbocycles. The van der Waals surface area contributed by atoms with Crippen LogP contribution in [0.5, 0.6) is 0 Å². The lowest BCUT2D eigenvalue weighted by atomic mass is 10.0. The molecule has 0 saturated heterocycles. The topological polar surface area (TPSA) is 278 Å². The second kappa shape index (κ2) is 15.4. The highest BCUT2D eigenvalue weighted by Crippen LogP contribution is 2.07. The van der Waals surface area contributed by atoms with Crippen molar-refractivity contribution in [2.75, 3.05) is 6.54 Å². The molecular weight excluding hydrogens is 464 g/mol. The second-order valence-corrected chi connectivity index (χ2v) is 8.42. The zero-order valence-electron chi connectivity index (χ0n) is 20.2. The van der Waals surface area contributed by atoms with Gasteiger partial charge in [0.2, 0.25) is 23.6 Å². The van der Waals surface area contributed by atoms with Crippen molar-refractivity contribution < 1.29 is 34.2 Å². The molecule has 15 nitrogen and oxygen atoms in total. The summed E-state index contributed by atoms with van der Waals surface area (Å²) in [4.78, 5) is 64.3. The quantitative estimate of drug-likeness (QED) is 0.0563. The van der Waals surface area contributed by atoms with Gasteiger partial charge in [0.25, 0.3) is 0 Å². The number of nitrogens with two attached hydrogens (primary N) is 4. The maximum Gasteiger partial charge on any atom is 0.328 e. The van der Waals surface area contributed by atoms with Crippen molar-refractivity contribution in [1.82, 2.24) is 16.0 Å². The Balaban J connectivity index is 5.39. The van der Waals surface area contributed by atoms with Gasteiger partial charge in [-0.15, -0.1) is 0 Å². The van der Waals surface area contributed by atoms with Crippen LogP contribution in [0.15, 0.2) is 4.99 Å². The van der Waals surface area contributed by atoms with Crippen LogP contribution < -0.4 is 38.9 Å². The summed E-state index contributed by atoms with van der Waals surface area (Å²) in [6.45, 7) is 4.65. The summed E-state index contributed by atoms with van der Waals surface area (Å²) in [7, 11) is 0. The fourth-order valence-electron chi connectivity index (χ4n) is 2.91. The number of aliphatic carboxylic acids is 1. The van der Waals surface area contributed by atoms with E-state index >= 15 is 0 Å². The number of carboxylic acid groups (broad SMARTS) is 1. The number of aliphatic imine (C=N–C) groups is 1. The highest BCUT2D eigenvalue weighted by atomic mass is 16.4. The molecule has 0 aromatic carbocycles. The number of primary amides is 1. The van der Waals surface area contributed by atoms with Crippen molar-refractivity contribution in [3.8, 4) is 0 Å². The van der Waals surface area contributed by atoms with E-state index in [-0.39, 0.29) is 31.8 Å². The predicted molar refractivity (Wildman–Crippen MR) is 126 cm³/mol. The number of carbonyl (C=O) groups is 5. The molecular formula is C20H38N8O7. The third-order valence-corrected chi connectivity index (χ3v) is 4.91. The molecule has 0 aromatic heterocycles. The minimum atomic E-state index is -1.59. The molecule has 0 bridgehead atoms. The third kappa shape index (κ3) is 12.5.